The molecule has 0 saturated carbocycles. The number of aryl methyl sites for hydroxylation is 2. The molecular weight excluding hydrogens is 434 g/mol. The Balaban J connectivity index is 1.48. The fourth-order valence-electron chi connectivity index (χ4n) is 5.66. The number of likely N-dealkylation sites (tertiary alicyclic amines) is 1. The van der Waals surface area contributed by atoms with Gasteiger partial charge in [0.2, 0.25) is 5.91 Å². The van der Waals surface area contributed by atoms with E-state index in [0.29, 0.717) is 18.4 Å². The van der Waals surface area contributed by atoms with Crippen molar-refractivity contribution in [2.45, 2.75) is 52.4 Å². The van der Waals surface area contributed by atoms with Gasteiger partial charge in [0.25, 0.3) is 0 Å². The molecule has 1 aliphatic heterocycles. The van der Waals surface area contributed by atoms with E-state index in [9.17, 15) is 4.79 Å². The average molecular weight is 472 g/mol. The van der Waals surface area contributed by atoms with E-state index in [2.05, 4.69) is 66.7 Å². The van der Waals surface area contributed by atoms with Crippen molar-refractivity contribution in [3.8, 4) is 11.3 Å². The third-order valence-corrected chi connectivity index (χ3v) is 7.38. The lowest BCUT2D eigenvalue weighted by Gasteiger charge is -2.33. The lowest BCUT2D eigenvalue weighted by Crippen LogP contribution is -2.42. The van der Waals surface area contributed by atoms with Crippen molar-refractivity contribution in [2.24, 2.45) is 0 Å². The lowest BCUT2D eigenvalue weighted by atomic mass is 9.87. The van der Waals surface area contributed by atoms with Gasteiger partial charge in [-0.25, -0.2) is 4.98 Å². The number of hydrogen-bond acceptors (Lipinski definition) is 3. The zero-order chi connectivity index (χ0) is 24.9. The van der Waals surface area contributed by atoms with Gasteiger partial charge in [-0.3, -0.25) is 4.79 Å². The van der Waals surface area contributed by atoms with Crippen LogP contribution in [0.1, 0.15) is 61.0 Å². The fourth-order valence-corrected chi connectivity index (χ4v) is 5.66. The molecule has 1 fully saturated rings. The summed E-state index contributed by atoms with van der Waals surface area (Å²) in [6, 6.07) is 11.4. The number of likely N-dealkylation sites (N-methyl/N-ethyl adjacent to an activating group) is 1. The van der Waals surface area contributed by atoms with Gasteiger partial charge in [-0.15, -0.1) is 0 Å². The van der Waals surface area contributed by atoms with Crippen molar-refractivity contribution < 1.29 is 4.79 Å². The van der Waals surface area contributed by atoms with Crippen LogP contribution in [0, 0.1) is 13.8 Å². The largest absolute Gasteiger partial charge is 0.354 e. The Morgan fingerprint density at radius 1 is 1.14 bits per heavy atom. The smallest absolute Gasteiger partial charge is 0.236 e. The molecule has 4 aromatic rings. The number of carbonyl (C=O) groups excluding carboxylic acids is 1. The number of aromatic nitrogens is 3. The number of carbonyl (C=O) groups is 1. The van der Waals surface area contributed by atoms with Gasteiger partial charge in [-0.2, -0.15) is 0 Å². The molecule has 0 radical (unpaired) electrons. The predicted octanol–water partition coefficient (Wildman–Crippen LogP) is 5.49. The summed E-state index contributed by atoms with van der Waals surface area (Å²) in [6.07, 6.45) is 4.14. The number of imidazole rings is 1. The Morgan fingerprint density at radius 3 is 2.57 bits per heavy atom. The number of aromatic amines is 1. The maximum absolute atomic E-state index is 12.5. The summed E-state index contributed by atoms with van der Waals surface area (Å²) in [5.74, 6) is 1.12. The van der Waals surface area contributed by atoms with Crippen LogP contribution in [-0.2, 0) is 4.79 Å². The van der Waals surface area contributed by atoms with E-state index in [0.717, 1.165) is 37.3 Å². The van der Waals surface area contributed by atoms with Gasteiger partial charge < -0.3 is 19.2 Å². The van der Waals surface area contributed by atoms with E-state index >= 15 is 0 Å². The van der Waals surface area contributed by atoms with Gasteiger partial charge in [-0.05, 0) is 88.0 Å². The van der Waals surface area contributed by atoms with Crippen LogP contribution in [0.4, 0.5) is 0 Å². The monoisotopic (exact) mass is 471 g/mol. The highest BCUT2D eigenvalue weighted by molar-refractivity contribution is 5.92. The SMILES string of the molecule is Cc1cn2c(C)cc(-c3[nH]c4ccc(C5CCN(C(=O)CN(C)C)CC5)cc4c3C(C)C)cc2n1. The number of H-pyrrole nitrogens is 1. The number of piperidine rings is 1. The summed E-state index contributed by atoms with van der Waals surface area (Å²) < 4.78 is 2.16. The normalized spacial score (nSPS) is 15.3. The lowest BCUT2D eigenvalue weighted by molar-refractivity contribution is -0.132. The molecule has 1 saturated heterocycles. The second-order valence-corrected chi connectivity index (χ2v) is 10.8. The highest BCUT2D eigenvalue weighted by atomic mass is 16.2. The standard InChI is InChI=1S/C29H37N5O/c1-18(2)28-24-14-22(21-9-11-33(12-10-21)27(35)17-32(5)6)7-8-25(24)31-29(28)23-13-20(4)34-16-19(3)30-26(34)15-23/h7-8,13-16,18,21,31H,9-12,17H2,1-6H3. The van der Waals surface area contributed by atoms with Gasteiger partial charge in [0.1, 0.15) is 5.65 Å². The van der Waals surface area contributed by atoms with Gasteiger partial charge in [0.05, 0.1) is 17.9 Å². The molecule has 6 heteroatoms. The van der Waals surface area contributed by atoms with Crippen molar-refractivity contribution in [2.75, 3.05) is 33.7 Å². The number of pyridine rings is 1. The first kappa shape index (κ1) is 23.6. The molecule has 184 valence electrons. The second kappa shape index (κ2) is 9.15. The third kappa shape index (κ3) is 4.47. The molecule has 0 unspecified atom stereocenters. The number of amides is 1. The van der Waals surface area contributed by atoms with Crippen LogP contribution in [-0.4, -0.2) is 63.8 Å². The molecule has 6 nitrogen and oxygen atoms in total. The number of fused-ring (bicyclic) bond motifs is 2. The molecule has 4 heterocycles. The Hall–Kier alpha value is -3.12. The first-order valence-corrected chi connectivity index (χ1v) is 12.8. The van der Waals surface area contributed by atoms with Crippen LogP contribution in [0.3, 0.4) is 0 Å². The summed E-state index contributed by atoms with van der Waals surface area (Å²) in [4.78, 5) is 24.9. The molecule has 0 atom stereocenters. The first-order chi connectivity index (χ1) is 16.7. The summed E-state index contributed by atoms with van der Waals surface area (Å²) in [7, 11) is 3.90. The van der Waals surface area contributed by atoms with Crippen molar-refractivity contribution in [1.29, 1.82) is 0 Å². The van der Waals surface area contributed by atoms with E-state index in [1.165, 1.54) is 39.0 Å². The average Bonchev–Trinajstić information content (AvgIpc) is 3.38. The van der Waals surface area contributed by atoms with Crippen molar-refractivity contribution in [3.05, 3.63) is 59.0 Å². The minimum absolute atomic E-state index is 0.237. The van der Waals surface area contributed by atoms with Crippen LogP contribution in [0.25, 0.3) is 27.8 Å². The fraction of sp³-hybridized carbons (Fsp3) is 0.448. The Morgan fingerprint density at radius 2 is 1.89 bits per heavy atom. The molecule has 35 heavy (non-hydrogen) atoms. The summed E-state index contributed by atoms with van der Waals surface area (Å²) in [5.41, 5.74) is 9.53. The zero-order valence-corrected chi connectivity index (χ0v) is 21.9. The maximum Gasteiger partial charge on any atom is 0.236 e. The second-order valence-electron chi connectivity index (χ2n) is 10.8. The Labute approximate surface area is 208 Å². The molecule has 3 aromatic heterocycles. The predicted molar refractivity (Wildman–Crippen MR) is 143 cm³/mol. The highest BCUT2D eigenvalue weighted by Crippen LogP contribution is 2.38. The van der Waals surface area contributed by atoms with Crippen molar-refractivity contribution in [1.82, 2.24) is 24.2 Å². The number of rotatable bonds is 5. The molecule has 0 aliphatic carbocycles. The van der Waals surface area contributed by atoms with Crippen LogP contribution in [0.5, 0.6) is 0 Å². The van der Waals surface area contributed by atoms with Gasteiger partial charge in [0, 0.05) is 41.4 Å². The minimum Gasteiger partial charge on any atom is -0.354 e. The molecule has 0 spiro atoms. The number of hydrogen-bond donors (Lipinski definition) is 1. The van der Waals surface area contributed by atoms with Gasteiger partial charge >= 0.3 is 0 Å². The maximum atomic E-state index is 12.5. The van der Waals surface area contributed by atoms with Crippen LogP contribution < -0.4 is 0 Å². The zero-order valence-electron chi connectivity index (χ0n) is 21.9. The molecule has 1 aromatic carbocycles. The van der Waals surface area contributed by atoms with E-state index in [-0.39, 0.29) is 5.91 Å². The van der Waals surface area contributed by atoms with Crippen molar-refractivity contribution in [3.63, 3.8) is 0 Å². The summed E-state index contributed by atoms with van der Waals surface area (Å²) in [6.45, 7) is 10.9. The summed E-state index contributed by atoms with van der Waals surface area (Å²) in [5, 5.41) is 1.32. The van der Waals surface area contributed by atoms with Crippen LogP contribution in [0.2, 0.25) is 0 Å². The third-order valence-electron chi connectivity index (χ3n) is 7.38. The van der Waals surface area contributed by atoms with E-state index < -0.39 is 0 Å². The Kier molecular flexibility index (Phi) is 6.18. The summed E-state index contributed by atoms with van der Waals surface area (Å²) >= 11 is 0. The minimum atomic E-state index is 0.237. The molecule has 5 rings (SSSR count). The van der Waals surface area contributed by atoms with E-state index in [1.54, 1.807) is 0 Å². The van der Waals surface area contributed by atoms with E-state index in [4.69, 9.17) is 4.98 Å². The molecule has 1 aliphatic rings. The quantitative estimate of drug-likeness (QED) is 0.419. The highest BCUT2D eigenvalue weighted by Gasteiger charge is 2.25. The topological polar surface area (TPSA) is 56.6 Å². The number of benzene rings is 1. The Bertz CT molecular complexity index is 1390. The molecular formula is C29H37N5O. The van der Waals surface area contributed by atoms with Crippen LogP contribution >= 0.6 is 0 Å². The molecule has 1 N–H and O–H groups in total. The molecule has 0 bridgehead atoms. The molecule has 1 amide bonds. The van der Waals surface area contributed by atoms with Gasteiger partial charge in [0.15, 0.2) is 0 Å². The van der Waals surface area contributed by atoms with Gasteiger partial charge in [-0.1, -0.05) is 19.9 Å². The van der Waals surface area contributed by atoms with Crippen molar-refractivity contribution >= 4 is 22.5 Å². The number of nitrogens with one attached hydrogen (secondary N) is 1. The van der Waals surface area contributed by atoms with E-state index in [1.807, 2.05) is 30.8 Å². The first-order valence-electron chi connectivity index (χ1n) is 12.8. The van der Waals surface area contributed by atoms with Crippen LogP contribution in [0.15, 0.2) is 36.5 Å². The number of nitrogens with zero attached hydrogens (tertiary/aromatic N) is 4.